The average molecular weight is 275 g/mol. The molecule has 1 saturated heterocycles. The normalized spacial score (nSPS) is 20.0. The summed E-state index contributed by atoms with van der Waals surface area (Å²) in [5, 5.41) is 3.69. The van der Waals surface area contributed by atoms with Gasteiger partial charge in [0.05, 0.1) is 0 Å². The predicted octanol–water partition coefficient (Wildman–Crippen LogP) is 2.36. The number of benzene rings is 1. The molecule has 1 atom stereocenters. The summed E-state index contributed by atoms with van der Waals surface area (Å²) in [7, 11) is 2.21. The van der Waals surface area contributed by atoms with Crippen LogP contribution in [0, 0.1) is 0 Å². The summed E-state index contributed by atoms with van der Waals surface area (Å²) in [6.45, 7) is 12.7. The molecule has 0 radical (unpaired) electrons. The Morgan fingerprint density at radius 1 is 1.10 bits per heavy atom. The molecule has 1 aliphatic rings. The van der Waals surface area contributed by atoms with Gasteiger partial charge in [-0.25, -0.2) is 0 Å². The predicted molar refractivity (Wildman–Crippen MR) is 86.0 cm³/mol. The van der Waals surface area contributed by atoms with Gasteiger partial charge in [-0.3, -0.25) is 4.90 Å². The molecule has 2 rings (SSSR count). The van der Waals surface area contributed by atoms with Gasteiger partial charge in [0, 0.05) is 44.3 Å². The summed E-state index contributed by atoms with van der Waals surface area (Å²) in [6, 6.07) is 11.1. The first-order valence-corrected chi connectivity index (χ1v) is 7.71. The van der Waals surface area contributed by atoms with E-state index in [9.17, 15) is 0 Å². The van der Waals surface area contributed by atoms with Gasteiger partial charge in [-0.15, -0.1) is 0 Å². The van der Waals surface area contributed by atoms with Gasteiger partial charge < -0.3 is 10.2 Å². The van der Waals surface area contributed by atoms with E-state index in [1.54, 1.807) is 0 Å². The van der Waals surface area contributed by atoms with Crippen LogP contribution in [0.5, 0.6) is 0 Å². The Kier molecular flexibility index (Phi) is 5.19. The molecule has 1 aromatic carbocycles. The third-order valence-electron chi connectivity index (χ3n) is 4.50. The van der Waals surface area contributed by atoms with Crippen LogP contribution < -0.4 is 5.32 Å². The maximum Gasteiger partial charge on any atom is 0.0292 e. The Hall–Kier alpha value is -0.900. The number of hydrogen-bond donors (Lipinski definition) is 1. The largest absolute Gasteiger partial charge is 0.308 e. The van der Waals surface area contributed by atoms with Crippen LogP contribution in [-0.2, 0) is 0 Å². The monoisotopic (exact) mass is 275 g/mol. The SMILES string of the molecule is CC(NCC(C)(C)N1CCN(C)CC1)c1ccccc1. The molecule has 0 amide bonds. The van der Waals surface area contributed by atoms with Gasteiger partial charge in [-0.2, -0.15) is 0 Å². The van der Waals surface area contributed by atoms with Crippen molar-refractivity contribution in [1.29, 1.82) is 0 Å². The highest BCUT2D eigenvalue weighted by Gasteiger charge is 2.29. The smallest absolute Gasteiger partial charge is 0.0292 e. The first-order valence-electron chi connectivity index (χ1n) is 7.71. The summed E-state index contributed by atoms with van der Waals surface area (Å²) >= 11 is 0. The van der Waals surface area contributed by atoms with Gasteiger partial charge in [-0.1, -0.05) is 30.3 Å². The Bertz CT molecular complexity index is 394. The van der Waals surface area contributed by atoms with E-state index in [2.05, 4.69) is 73.3 Å². The summed E-state index contributed by atoms with van der Waals surface area (Å²) in [6.07, 6.45) is 0. The second-order valence-electron chi connectivity index (χ2n) is 6.62. The molecule has 1 N–H and O–H groups in total. The maximum atomic E-state index is 3.69. The number of nitrogens with zero attached hydrogens (tertiary/aromatic N) is 2. The molecule has 20 heavy (non-hydrogen) atoms. The van der Waals surface area contributed by atoms with Crippen LogP contribution in [0.3, 0.4) is 0 Å². The van der Waals surface area contributed by atoms with E-state index < -0.39 is 0 Å². The van der Waals surface area contributed by atoms with Crippen molar-refractivity contribution >= 4 is 0 Å². The molecule has 0 bridgehead atoms. The van der Waals surface area contributed by atoms with Gasteiger partial charge in [0.15, 0.2) is 0 Å². The fraction of sp³-hybridized carbons (Fsp3) is 0.647. The number of likely N-dealkylation sites (N-methyl/N-ethyl adjacent to an activating group) is 1. The lowest BCUT2D eigenvalue weighted by Gasteiger charge is -2.43. The minimum Gasteiger partial charge on any atom is -0.308 e. The number of hydrogen-bond acceptors (Lipinski definition) is 3. The maximum absolute atomic E-state index is 3.69. The zero-order chi connectivity index (χ0) is 14.6. The van der Waals surface area contributed by atoms with Crippen LogP contribution in [0.1, 0.15) is 32.4 Å². The minimum atomic E-state index is 0.213. The van der Waals surface area contributed by atoms with Crippen molar-refractivity contribution in [3.05, 3.63) is 35.9 Å². The van der Waals surface area contributed by atoms with Crippen LogP contribution in [0.25, 0.3) is 0 Å². The number of nitrogens with one attached hydrogen (secondary N) is 1. The van der Waals surface area contributed by atoms with E-state index in [1.807, 2.05) is 0 Å². The summed E-state index contributed by atoms with van der Waals surface area (Å²) in [5.74, 6) is 0. The molecule has 1 aromatic rings. The first-order chi connectivity index (χ1) is 9.49. The second-order valence-corrected chi connectivity index (χ2v) is 6.62. The summed E-state index contributed by atoms with van der Waals surface area (Å²) in [4.78, 5) is 5.02. The molecule has 0 aliphatic carbocycles. The lowest BCUT2D eigenvalue weighted by molar-refractivity contribution is 0.0605. The number of rotatable bonds is 5. The highest BCUT2D eigenvalue weighted by Crippen LogP contribution is 2.18. The minimum absolute atomic E-state index is 0.213. The zero-order valence-corrected chi connectivity index (χ0v) is 13.4. The molecule has 1 fully saturated rings. The molecule has 3 heteroatoms. The zero-order valence-electron chi connectivity index (χ0n) is 13.4. The molecular formula is C17H29N3. The Labute approximate surface area is 124 Å². The van der Waals surface area contributed by atoms with E-state index in [0.717, 1.165) is 6.54 Å². The van der Waals surface area contributed by atoms with Gasteiger partial charge in [0.1, 0.15) is 0 Å². The fourth-order valence-corrected chi connectivity index (χ4v) is 2.79. The third-order valence-corrected chi connectivity index (χ3v) is 4.50. The molecule has 0 spiro atoms. The summed E-state index contributed by atoms with van der Waals surface area (Å²) in [5.41, 5.74) is 1.58. The van der Waals surface area contributed by atoms with E-state index >= 15 is 0 Å². The van der Waals surface area contributed by atoms with Gasteiger partial charge >= 0.3 is 0 Å². The Balaban J connectivity index is 1.85. The average Bonchev–Trinajstić information content (AvgIpc) is 2.46. The van der Waals surface area contributed by atoms with Crippen LogP contribution in [0.15, 0.2) is 30.3 Å². The lowest BCUT2D eigenvalue weighted by atomic mass is 10.00. The molecule has 1 unspecified atom stereocenters. The van der Waals surface area contributed by atoms with Crippen molar-refractivity contribution in [3.63, 3.8) is 0 Å². The standard InChI is InChI=1S/C17H29N3/c1-15(16-8-6-5-7-9-16)18-14-17(2,3)20-12-10-19(4)11-13-20/h5-9,15,18H,10-14H2,1-4H3. The van der Waals surface area contributed by atoms with E-state index in [1.165, 1.54) is 31.7 Å². The second kappa shape index (κ2) is 6.70. The molecule has 0 aromatic heterocycles. The Morgan fingerprint density at radius 2 is 1.70 bits per heavy atom. The van der Waals surface area contributed by atoms with Crippen LogP contribution in [0.2, 0.25) is 0 Å². The first kappa shape index (κ1) is 15.5. The Morgan fingerprint density at radius 3 is 2.30 bits per heavy atom. The quantitative estimate of drug-likeness (QED) is 0.890. The van der Waals surface area contributed by atoms with Crippen LogP contribution in [0.4, 0.5) is 0 Å². The van der Waals surface area contributed by atoms with Gasteiger partial charge in [0.25, 0.3) is 0 Å². The molecular weight excluding hydrogens is 246 g/mol. The van der Waals surface area contributed by atoms with Crippen molar-refractivity contribution in [3.8, 4) is 0 Å². The van der Waals surface area contributed by atoms with E-state index in [4.69, 9.17) is 0 Å². The van der Waals surface area contributed by atoms with Crippen LogP contribution in [-0.4, -0.2) is 55.1 Å². The lowest BCUT2D eigenvalue weighted by Crippen LogP contribution is -2.57. The van der Waals surface area contributed by atoms with Crippen LogP contribution >= 0.6 is 0 Å². The van der Waals surface area contributed by atoms with Crippen molar-refractivity contribution < 1.29 is 0 Å². The van der Waals surface area contributed by atoms with Crippen molar-refractivity contribution in [2.75, 3.05) is 39.8 Å². The van der Waals surface area contributed by atoms with E-state index in [-0.39, 0.29) is 5.54 Å². The van der Waals surface area contributed by atoms with Gasteiger partial charge in [0.2, 0.25) is 0 Å². The molecule has 1 heterocycles. The third kappa shape index (κ3) is 4.05. The highest BCUT2D eigenvalue weighted by molar-refractivity contribution is 5.18. The summed E-state index contributed by atoms with van der Waals surface area (Å²) < 4.78 is 0. The highest BCUT2D eigenvalue weighted by atomic mass is 15.3. The van der Waals surface area contributed by atoms with E-state index in [0.29, 0.717) is 6.04 Å². The topological polar surface area (TPSA) is 18.5 Å². The molecule has 1 aliphatic heterocycles. The molecule has 112 valence electrons. The van der Waals surface area contributed by atoms with Gasteiger partial charge in [-0.05, 0) is 33.4 Å². The molecule has 3 nitrogen and oxygen atoms in total. The number of piperazine rings is 1. The van der Waals surface area contributed by atoms with Crippen molar-refractivity contribution in [2.24, 2.45) is 0 Å². The fourth-order valence-electron chi connectivity index (χ4n) is 2.79. The van der Waals surface area contributed by atoms with Crippen molar-refractivity contribution in [2.45, 2.75) is 32.4 Å². The van der Waals surface area contributed by atoms with Crippen molar-refractivity contribution in [1.82, 2.24) is 15.1 Å². The molecule has 0 saturated carbocycles.